The third kappa shape index (κ3) is 2.01. The molecule has 5 rings (SSSR count). The Hall–Kier alpha value is -0.760. The Morgan fingerprint density at radius 2 is 1.92 bits per heavy atom. The summed E-state index contributed by atoms with van der Waals surface area (Å²) in [7, 11) is 1.83. The highest BCUT2D eigenvalue weighted by Crippen LogP contribution is 2.69. The Bertz CT molecular complexity index is 626. The van der Waals surface area contributed by atoms with Crippen LogP contribution in [0.2, 0.25) is 0 Å². The van der Waals surface area contributed by atoms with Gasteiger partial charge in [-0.15, -0.1) is 0 Å². The molecule has 0 aromatic carbocycles. The maximum Gasteiger partial charge on any atom is 0.0958 e. The smallest absolute Gasteiger partial charge is 0.0958 e. The van der Waals surface area contributed by atoms with Gasteiger partial charge in [0, 0.05) is 13.0 Å². The molecule has 0 amide bonds. The first-order valence-corrected chi connectivity index (χ1v) is 10.6. The van der Waals surface area contributed by atoms with Crippen molar-refractivity contribution >= 4 is 0 Å². The van der Waals surface area contributed by atoms with Gasteiger partial charge in [0.25, 0.3) is 0 Å². The van der Waals surface area contributed by atoms with Gasteiger partial charge in [0.05, 0.1) is 18.5 Å². The van der Waals surface area contributed by atoms with Crippen LogP contribution in [0.25, 0.3) is 0 Å². The molecular weight excluding hydrogens is 308 g/mol. The molecule has 1 saturated heterocycles. The van der Waals surface area contributed by atoms with Crippen LogP contribution in [-0.2, 0) is 9.47 Å². The third-order valence-corrected chi connectivity index (χ3v) is 9.39. The van der Waals surface area contributed by atoms with E-state index in [1.54, 1.807) is 5.57 Å². The molecule has 3 fully saturated rings. The molecule has 1 spiro atoms. The van der Waals surface area contributed by atoms with E-state index in [2.05, 4.69) is 26.0 Å². The fourth-order valence-corrected chi connectivity index (χ4v) is 7.90. The van der Waals surface area contributed by atoms with Gasteiger partial charge in [-0.3, -0.25) is 0 Å². The van der Waals surface area contributed by atoms with Crippen LogP contribution in [0, 0.1) is 28.6 Å². The van der Waals surface area contributed by atoms with E-state index < -0.39 is 0 Å². The second-order valence-electron chi connectivity index (χ2n) is 9.95. The van der Waals surface area contributed by atoms with E-state index in [1.165, 1.54) is 57.1 Å². The molecule has 1 aliphatic heterocycles. The van der Waals surface area contributed by atoms with E-state index in [0.29, 0.717) is 10.8 Å². The van der Waals surface area contributed by atoms with Crippen LogP contribution in [0.4, 0.5) is 0 Å². The van der Waals surface area contributed by atoms with Crippen LogP contribution >= 0.6 is 0 Å². The largest absolute Gasteiger partial charge is 0.501 e. The van der Waals surface area contributed by atoms with Crippen molar-refractivity contribution in [2.75, 3.05) is 13.7 Å². The number of hydrogen-bond donors (Lipinski definition) is 0. The molecule has 0 bridgehead atoms. The predicted molar refractivity (Wildman–Crippen MR) is 100 cm³/mol. The maximum atomic E-state index is 6.47. The summed E-state index contributed by atoms with van der Waals surface area (Å²) in [6.45, 7) is 6.15. The summed E-state index contributed by atoms with van der Waals surface area (Å²) in [4.78, 5) is 0. The summed E-state index contributed by atoms with van der Waals surface area (Å²) < 4.78 is 12.0. The first-order chi connectivity index (χ1) is 12.0. The van der Waals surface area contributed by atoms with Crippen LogP contribution in [0.15, 0.2) is 23.5 Å². The molecule has 25 heavy (non-hydrogen) atoms. The molecule has 2 nitrogen and oxygen atoms in total. The van der Waals surface area contributed by atoms with E-state index in [0.717, 1.165) is 30.8 Å². The zero-order valence-corrected chi connectivity index (χ0v) is 16.3. The molecule has 0 aromatic heterocycles. The highest BCUT2D eigenvalue weighted by molar-refractivity contribution is 5.36. The molecule has 2 heteroatoms. The van der Waals surface area contributed by atoms with Gasteiger partial charge in [-0.25, -0.2) is 0 Å². The Labute approximate surface area is 153 Å². The molecule has 5 unspecified atom stereocenters. The molecule has 5 aliphatic rings. The van der Waals surface area contributed by atoms with Gasteiger partial charge >= 0.3 is 0 Å². The first kappa shape index (κ1) is 16.4. The quantitative estimate of drug-likeness (QED) is 0.614. The number of methoxy groups -OCH3 is 1. The van der Waals surface area contributed by atoms with Gasteiger partial charge < -0.3 is 9.47 Å². The molecule has 4 aliphatic carbocycles. The van der Waals surface area contributed by atoms with Gasteiger partial charge in [0.15, 0.2) is 0 Å². The van der Waals surface area contributed by atoms with Gasteiger partial charge in [-0.05, 0) is 91.6 Å². The maximum absolute atomic E-state index is 6.47. The summed E-state index contributed by atoms with van der Waals surface area (Å²) in [6, 6.07) is 0. The number of hydrogen-bond acceptors (Lipinski definition) is 2. The van der Waals surface area contributed by atoms with Crippen molar-refractivity contribution in [2.24, 2.45) is 28.6 Å². The minimum atomic E-state index is 0.225. The Morgan fingerprint density at radius 1 is 1.08 bits per heavy atom. The summed E-state index contributed by atoms with van der Waals surface area (Å²) in [5, 5.41) is 0. The molecular formula is C23H34O2. The highest BCUT2D eigenvalue weighted by atomic mass is 16.5. The average Bonchev–Trinajstić information content (AvgIpc) is 3.21. The van der Waals surface area contributed by atoms with Crippen LogP contribution < -0.4 is 0 Å². The third-order valence-electron chi connectivity index (χ3n) is 9.39. The van der Waals surface area contributed by atoms with Crippen LogP contribution in [-0.4, -0.2) is 19.3 Å². The number of ether oxygens (including phenoxy) is 2. The Balaban J connectivity index is 1.50. The van der Waals surface area contributed by atoms with Crippen molar-refractivity contribution in [2.45, 2.75) is 77.2 Å². The lowest BCUT2D eigenvalue weighted by atomic mass is 9.47. The van der Waals surface area contributed by atoms with E-state index in [-0.39, 0.29) is 5.60 Å². The summed E-state index contributed by atoms with van der Waals surface area (Å²) in [5.41, 5.74) is 2.60. The standard InChI is InChI=1S/C23H34O2/c1-21-11-7-17(24-3)15-16(21)5-6-18-19(21)8-12-22(2)20(18)9-13-23(22)10-4-14-25-23/h5,15,18-20H,4,6-14H2,1-3H3/t18?,19?,20?,21?,22?,23-/m0/s1. The van der Waals surface area contributed by atoms with E-state index in [4.69, 9.17) is 9.47 Å². The second-order valence-corrected chi connectivity index (χ2v) is 9.95. The lowest BCUT2D eigenvalue weighted by Gasteiger charge is -2.58. The second kappa shape index (κ2) is 5.38. The van der Waals surface area contributed by atoms with Gasteiger partial charge in [-0.2, -0.15) is 0 Å². The zero-order valence-electron chi connectivity index (χ0n) is 16.3. The molecule has 6 atom stereocenters. The average molecular weight is 343 g/mol. The van der Waals surface area contributed by atoms with Crippen LogP contribution in [0.5, 0.6) is 0 Å². The molecule has 1 heterocycles. The SMILES string of the molecule is COC1=CC2=CCC3C(CCC4(C)C3CC[C@@]43CCCO3)C2(C)CC1. The fourth-order valence-electron chi connectivity index (χ4n) is 7.90. The lowest BCUT2D eigenvalue weighted by molar-refractivity contribution is -0.130. The normalized spacial score (nSPS) is 51.4. The van der Waals surface area contributed by atoms with Crippen molar-refractivity contribution < 1.29 is 9.47 Å². The van der Waals surface area contributed by atoms with E-state index in [1.807, 2.05) is 7.11 Å². The topological polar surface area (TPSA) is 18.5 Å². The first-order valence-electron chi connectivity index (χ1n) is 10.6. The summed E-state index contributed by atoms with van der Waals surface area (Å²) >= 11 is 0. The fraction of sp³-hybridized carbons (Fsp3) is 0.826. The van der Waals surface area contributed by atoms with Crippen molar-refractivity contribution in [1.29, 1.82) is 0 Å². The Kier molecular flexibility index (Phi) is 3.53. The van der Waals surface area contributed by atoms with E-state index in [9.17, 15) is 0 Å². The minimum absolute atomic E-state index is 0.225. The lowest BCUT2D eigenvalue weighted by Crippen LogP contribution is -2.53. The molecule has 0 radical (unpaired) electrons. The molecule has 2 saturated carbocycles. The predicted octanol–water partition coefficient (Wildman–Crippen LogP) is 5.64. The van der Waals surface area contributed by atoms with E-state index >= 15 is 0 Å². The number of allylic oxidation sites excluding steroid dienone is 4. The van der Waals surface area contributed by atoms with Crippen molar-refractivity contribution in [3.05, 3.63) is 23.5 Å². The highest BCUT2D eigenvalue weighted by Gasteiger charge is 2.64. The van der Waals surface area contributed by atoms with Crippen molar-refractivity contribution in [3.8, 4) is 0 Å². The van der Waals surface area contributed by atoms with Crippen LogP contribution in [0.1, 0.15) is 71.6 Å². The summed E-state index contributed by atoms with van der Waals surface area (Å²) in [5.74, 6) is 3.78. The molecule has 138 valence electrons. The number of rotatable bonds is 1. The van der Waals surface area contributed by atoms with Crippen LogP contribution in [0.3, 0.4) is 0 Å². The molecule has 0 aromatic rings. The van der Waals surface area contributed by atoms with Gasteiger partial charge in [0.2, 0.25) is 0 Å². The zero-order chi connectivity index (χ0) is 17.3. The van der Waals surface area contributed by atoms with Crippen molar-refractivity contribution in [1.82, 2.24) is 0 Å². The minimum Gasteiger partial charge on any atom is -0.501 e. The summed E-state index contributed by atoms with van der Waals surface area (Å²) in [6.07, 6.45) is 16.7. The Morgan fingerprint density at radius 3 is 2.68 bits per heavy atom. The van der Waals surface area contributed by atoms with Gasteiger partial charge in [0.1, 0.15) is 0 Å². The van der Waals surface area contributed by atoms with Crippen molar-refractivity contribution in [3.63, 3.8) is 0 Å². The molecule has 0 N–H and O–H groups in total. The van der Waals surface area contributed by atoms with Gasteiger partial charge in [-0.1, -0.05) is 19.9 Å². The monoisotopic (exact) mass is 342 g/mol. The number of fused-ring (bicyclic) bond motifs is 6.